The van der Waals surface area contributed by atoms with Gasteiger partial charge in [-0.3, -0.25) is 9.69 Å². The average molecular weight is 591 g/mol. The van der Waals surface area contributed by atoms with E-state index in [-0.39, 0.29) is 17.6 Å². The van der Waals surface area contributed by atoms with Crippen molar-refractivity contribution in [1.29, 1.82) is 0 Å². The van der Waals surface area contributed by atoms with Gasteiger partial charge in [0.2, 0.25) is 0 Å². The minimum absolute atomic E-state index is 0.0133. The van der Waals surface area contributed by atoms with Crippen molar-refractivity contribution in [1.82, 2.24) is 19.9 Å². The van der Waals surface area contributed by atoms with E-state index < -0.39 is 0 Å². The summed E-state index contributed by atoms with van der Waals surface area (Å²) in [5.74, 6) is 1.64. The van der Waals surface area contributed by atoms with E-state index >= 15 is 0 Å². The molecule has 1 aliphatic carbocycles. The van der Waals surface area contributed by atoms with Crippen molar-refractivity contribution in [2.45, 2.75) is 103 Å². The highest BCUT2D eigenvalue weighted by Gasteiger charge is 2.50. The van der Waals surface area contributed by atoms with Crippen molar-refractivity contribution in [2.24, 2.45) is 11.8 Å². The number of rotatable bonds is 8. The van der Waals surface area contributed by atoms with E-state index in [1.807, 2.05) is 42.2 Å². The van der Waals surface area contributed by atoms with Crippen LogP contribution in [0.5, 0.6) is 0 Å². The van der Waals surface area contributed by atoms with Gasteiger partial charge in [0.1, 0.15) is 22.6 Å². The fraction of sp³-hybridized carbons (Fsp3) is 0.686. The average Bonchev–Trinajstić information content (AvgIpc) is 3.44. The molecule has 43 heavy (non-hydrogen) atoms. The van der Waals surface area contributed by atoms with E-state index in [2.05, 4.69) is 21.9 Å². The molecule has 8 nitrogen and oxygen atoms in total. The van der Waals surface area contributed by atoms with E-state index in [4.69, 9.17) is 9.26 Å². The number of carbonyl (C=O) groups excluding carboxylic acids is 2. The molecule has 4 heterocycles. The van der Waals surface area contributed by atoms with Crippen LogP contribution in [0, 0.1) is 18.8 Å². The second-order valence-corrected chi connectivity index (χ2v) is 13.6. The lowest BCUT2D eigenvalue weighted by Crippen LogP contribution is -2.61. The van der Waals surface area contributed by atoms with Gasteiger partial charge in [0.25, 0.3) is 5.91 Å². The highest BCUT2D eigenvalue weighted by Crippen LogP contribution is 2.42. The van der Waals surface area contributed by atoms with Crippen LogP contribution in [0.2, 0.25) is 0 Å². The maximum atomic E-state index is 13.6. The molecule has 3 aliphatic heterocycles. The molecule has 0 N–H and O–H groups in total. The second kappa shape index (κ2) is 13.4. The number of carbonyl (C=O) groups is 2. The zero-order valence-electron chi connectivity index (χ0n) is 26.3. The number of ether oxygens (including phenoxy) is 1. The standard InChI is InChI=1S/C35H50N4O4/c1-3-4-15-29-25-39(24-27-11-7-5-8-12-27)34(41)42-35(29)18-22-37(23-19-35)30-16-20-38(21-17-30)33(40)31-26(2)43-36-32(31)28-13-9-6-10-14-28/h6,9-10,13-14,27,29-30H,3-5,7-8,11-12,15-25H2,1-2H3. The van der Waals surface area contributed by atoms with Crippen molar-refractivity contribution < 1.29 is 18.8 Å². The van der Waals surface area contributed by atoms with Gasteiger partial charge in [0.15, 0.2) is 0 Å². The van der Waals surface area contributed by atoms with Crippen LogP contribution >= 0.6 is 0 Å². The third-order valence-electron chi connectivity index (χ3n) is 10.9. The maximum absolute atomic E-state index is 13.6. The highest BCUT2D eigenvalue weighted by atomic mass is 16.6. The van der Waals surface area contributed by atoms with Gasteiger partial charge in [-0.15, -0.1) is 0 Å². The van der Waals surface area contributed by atoms with Gasteiger partial charge in [0.05, 0.1) is 0 Å². The number of nitrogens with zero attached hydrogens (tertiary/aromatic N) is 4. The molecule has 4 aliphatic rings. The van der Waals surface area contributed by atoms with E-state index in [1.54, 1.807) is 0 Å². The zero-order chi connectivity index (χ0) is 29.8. The van der Waals surface area contributed by atoms with Crippen LogP contribution in [0.15, 0.2) is 34.9 Å². The molecule has 1 atom stereocenters. The molecule has 6 rings (SSSR count). The van der Waals surface area contributed by atoms with E-state index in [0.717, 1.165) is 76.9 Å². The Morgan fingerprint density at radius 3 is 2.42 bits per heavy atom. The molecule has 1 saturated carbocycles. The SMILES string of the molecule is CCCCC1CN(CC2CCCCC2)C(=O)OC12CCN(C1CCN(C(=O)c3c(-c4ccccc4)noc3C)CC1)CC2. The summed E-state index contributed by atoms with van der Waals surface area (Å²) in [5.41, 5.74) is 1.79. The Hall–Kier alpha value is -2.87. The fourth-order valence-corrected chi connectivity index (χ4v) is 8.25. The fourth-order valence-electron chi connectivity index (χ4n) is 8.25. The minimum atomic E-state index is -0.317. The highest BCUT2D eigenvalue weighted by molar-refractivity contribution is 6.00. The predicted octanol–water partition coefficient (Wildman–Crippen LogP) is 6.93. The summed E-state index contributed by atoms with van der Waals surface area (Å²) in [6.07, 6.45) is 13.6. The minimum Gasteiger partial charge on any atom is -0.442 e. The van der Waals surface area contributed by atoms with Gasteiger partial charge in [0, 0.05) is 69.6 Å². The number of aryl methyl sites for hydroxylation is 1. The number of likely N-dealkylation sites (tertiary alicyclic amines) is 2. The molecule has 1 aromatic heterocycles. The molecular formula is C35H50N4O4. The van der Waals surface area contributed by atoms with E-state index in [9.17, 15) is 9.59 Å². The largest absolute Gasteiger partial charge is 0.442 e. The molecule has 2 amide bonds. The number of benzene rings is 1. The molecule has 1 aromatic carbocycles. The first-order valence-electron chi connectivity index (χ1n) is 17.0. The first-order chi connectivity index (χ1) is 21.0. The Balaban J connectivity index is 1.05. The van der Waals surface area contributed by atoms with Crippen molar-refractivity contribution in [2.75, 3.05) is 39.3 Å². The van der Waals surface area contributed by atoms with Gasteiger partial charge in [-0.1, -0.05) is 74.5 Å². The molecule has 1 spiro atoms. The lowest BCUT2D eigenvalue weighted by atomic mass is 9.75. The van der Waals surface area contributed by atoms with Crippen molar-refractivity contribution in [3.05, 3.63) is 41.7 Å². The lowest BCUT2D eigenvalue weighted by Gasteiger charge is -2.52. The monoisotopic (exact) mass is 590 g/mol. The van der Waals surface area contributed by atoms with Gasteiger partial charge >= 0.3 is 6.09 Å². The number of hydrogen-bond donors (Lipinski definition) is 0. The number of unbranched alkanes of at least 4 members (excludes halogenated alkanes) is 1. The van der Waals surface area contributed by atoms with Gasteiger partial charge in [-0.05, 0) is 44.9 Å². The van der Waals surface area contributed by atoms with Crippen LogP contribution in [0.1, 0.15) is 100 Å². The molecule has 0 radical (unpaired) electrons. The van der Waals surface area contributed by atoms with Gasteiger partial charge < -0.3 is 19.1 Å². The molecule has 2 aromatic rings. The predicted molar refractivity (Wildman–Crippen MR) is 167 cm³/mol. The Labute approximate surface area is 257 Å². The Morgan fingerprint density at radius 1 is 1.00 bits per heavy atom. The third-order valence-corrected chi connectivity index (χ3v) is 10.9. The summed E-state index contributed by atoms with van der Waals surface area (Å²) in [5, 5.41) is 4.23. The molecule has 234 valence electrons. The normalized spacial score (nSPS) is 24.0. The van der Waals surface area contributed by atoms with Crippen molar-refractivity contribution in [3.63, 3.8) is 0 Å². The van der Waals surface area contributed by atoms with Gasteiger partial charge in [-0.2, -0.15) is 0 Å². The first kappa shape index (κ1) is 30.2. The van der Waals surface area contributed by atoms with Crippen LogP contribution in [-0.2, 0) is 4.74 Å². The molecule has 1 unspecified atom stereocenters. The van der Waals surface area contributed by atoms with Crippen molar-refractivity contribution >= 4 is 12.0 Å². The Bertz CT molecular complexity index is 1220. The number of amides is 2. The second-order valence-electron chi connectivity index (χ2n) is 13.6. The molecular weight excluding hydrogens is 540 g/mol. The summed E-state index contributed by atoms with van der Waals surface area (Å²) in [6, 6.07) is 10.3. The lowest BCUT2D eigenvalue weighted by molar-refractivity contribution is -0.127. The summed E-state index contributed by atoms with van der Waals surface area (Å²) in [6.45, 7) is 9.20. The smallest absolute Gasteiger partial charge is 0.410 e. The first-order valence-corrected chi connectivity index (χ1v) is 17.0. The quantitative estimate of drug-likeness (QED) is 0.332. The van der Waals surface area contributed by atoms with Crippen LogP contribution in [-0.4, -0.2) is 82.8 Å². The van der Waals surface area contributed by atoms with Gasteiger partial charge in [-0.25, -0.2) is 4.79 Å². The van der Waals surface area contributed by atoms with E-state index in [1.165, 1.54) is 44.9 Å². The topological polar surface area (TPSA) is 79.1 Å². The van der Waals surface area contributed by atoms with Crippen LogP contribution < -0.4 is 0 Å². The summed E-state index contributed by atoms with van der Waals surface area (Å²) < 4.78 is 11.9. The van der Waals surface area contributed by atoms with Crippen LogP contribution in [0.25, 0.3) is 11.3 Å². The van der Waals surface area contributed by atoms with E-state index in [0.29, 0.717) is 34.9 Å². The Kier molecular flexibility index (Phi) is 9.41. The molecule has 8 heteroatoms. The summed E-state index contributed by atoms with van der Waals surface area (Å²) in [7, 11) is 0. The number of piperidine rings is 2. The third kappa shape index (κ3) is 6.50. The number of aromatic nitrogens is 1. The molecule has 3 saturated heterocycles. The zero-order valence-corrected chi connectivity index (χ0v) is 26.3. The molecule has 0 bridgehead atoms. The Morgan fingerprint density at radius 2 is 1.72 bits per heavy atom. The maximum Gasteiger partial charge on any atom is 0.410 e. The number of hydrogen-bond acceptors (Lipinski definition) is 6. The van der Waals surface area contributed by atoms with Crippen LogP contribution in [0.4, 0.5) is 4.79 Å². The summed E-state index contributed by atoms with van der Waals surface area (Å²) in [4.78, 5) is 33.6. The molecule has 4 fully saturated rings. The van der Waals surface area contributed by atoms with Crippen molar-refractivity contribution in [3.8, 4) is 11.3 Å². The van der Waals surface area contributed by atoms with Crippen LogP contribution in [0.3, 0.4) is 0 Å². The summed E-state index contributed by atoms with van der Waals surface area (Å²) >= 11 is 0.